The lowest BCUT2D eigenvalue weighted by molar-refractivity contribution is 0.237. The second-order valence-corrected chi connectivity index (χ2v) is 7.72. The van der Waals surface area contributed by atoms with E-state index in [-0.39, 0.29) is 5.56 Å². The average Bonchev–Trinajstić information content (AvgIpc) is 2.71. The van der Waals surface area contributed by atoms with Crippen molar-refractivity contribution in [2.24, 2.45) is 0 Å². The summed E-state index contributed by atoms with van der Waals surface area (Å²) in [6.07, 6.45) is 4.36. The largest absolute Gasteiger partial charge is 0.439 e. The van der Waals surface area contributed by atoms with Gasteiger partial charge in [-0.1, -0.05) is 29.4 Å². The number of benzene rings is 1. The van der Waals surface area contributed by atoms with E-state index in [4.69, 9.17) is 16.3 Å². The van der Waals surface area contributed by atoms with E-state index >= 15 is 0 Å². The van der Waals surface area contributed by atoms with Crippen LogP contribution in [0, 0.1) is 0 Å². The normalized spacial score (nSPS) is 13.9. The zero-order chi connectivity index (χ0) is 19.5. The van der Waals surface area contributed by atoms with Crippen molar-refractivity contribution in [3.05, 3.63) is 74.8 Å². The van der Waals surface area contributed by atoms with Gasteiger partial charge >= 0.3 is 0 Å². The number of pyridine rings is 1. The minimum absolute atomic E-state index is 0.0529. The Bertz CT molecular complexity index is 1040. The number of hydrogen-bond acceptors (Lipinski definition) is 6. The fraction of sp³-hybridized carbons (Fsp3) is 0.250. The quantitative estimate of drug-likeness (QED) is 0.504. The molecule has 0 radical (unpaired) electrons. The standard InChI is InChI=1S/C20H19ClN4O2S/c1-28-20-23-17-8-10-25(12-16(17)18(26)24-20)11-13-3-2-9-22-19(13)27-15-6-4-14(21)5-7-15/h2-7,9H,8,10-12H2,1H3,(H,23,24,26). The topological polar surface area (TPSA) is 71.1 Å². The number of nitrogens with zero attached hydrogens (tertiary/aromatic N) is 3. The molecule has 0 saturated heterocycles. The fourth-order valence-corrected chi connectivity index (χ4v) is 3.70. The SMILES string of the molecule is CSc1nc2c(c(=O)[nH]1)CN(Cc1cccnc1Oc1ccc(Cl)cc1)CC2. The van der Waals surface area contributed by atoms with Crippen molar-refractivity contribution in [3.8, 4) is 11.6 Å². The van der Waals surface area contributed by atoms with Crippen molar-refractivity contribution in [1.82, 2.24) is 19.9 Å². The first-order valence-corrected chi connectivity index (χ1v) is 10.5. The number of halogens is 1. The molecule has 3 heterocycles. The maximum Gasteiger partial charge on any atom is 0.256 e. The molecule has 1 aromatic carbocycles. The monoisotopic (exact) mass is 414 g/mol. The zero-order valence-electron chi connectivity index (χ0n) is 15.3. The minimum atomic E-state index is -0.0529. The Labute approximate surface area is 171 Å². The average molecular weight is 415 g/mol. The number of thioether (sulfide) groups is 1. The van der Waals surface area contributed by atoms with Crippen LogP contribution in [0.1, 0.15) is 16.8 Å². The summed E-state index contributed by atoms with van der Waals surface area (Å²) in [7, 11) is 0. The summed E-state index contributed by atoms with van der Waals surface area (Å²) < 4.78 is 5.95. The van der Waals surface area contributed by atoms with Gasteiger partial charge in [0.25, 0.3) is 5.56 Å². The van der Waals surface area contributed by atoms with E-state index in [1.807, 2.05) is 30.5 Å². The molecule has 0 saturated carbocycles. The summed E-state index contributed by atoms with van der Waals surface area (Å²) in [6.45, 7) is 2.02. The molecule has 0 aliphatic carbocycles. The third kappa shape index (κ3) is 4.22. The number of aromatic nitrogens is 3. The van der Waals surface area contributed by atoms with Crippen LogP contribution in [-0.4, -0.2) is 32.7 Å². The molecular formula is C20H19ClN4O2S. The van der Waals surface area contributed by atoms with Crippen LogP contribution < -0.4 is 10.3 Å². The molecule has 0 fully saturated rings. The van der Waals surface area contributed by atoms with Gasteiger partial charge < -0.3 is 9.72 Å². The molecule has 2 aromatic heterocycles. The van der Waals surface area contributed by atoms with Crippen LogP contribution in [0.3, 0.4) is 0 Å². The van der Waals surface area contributed by atoms with Crippen LogP contribution in [0.5, 0.6) is 11.6 Å². The Morgan fingerprint density at radius 3 is 2.89 bits per heavy atom. The molecule has 1 aliphatic heterocycles. The van der Waals surface area contributed by atoms with Gasteiger partial charge in [-0.25, -0.2) is 9.97 Å². The van der Waals surface area contributed by atoms with Gasteiger partial charge in [-0.05, 0) is 36.6 Å². The van der Waals surface area contributed by atoms with Gasteiger partial charge in [0.05, 0.1) is 11.3 Å². The van der Waals surface area contributed by atoms with Crippen molar-refractivity contribution in [2.45, 2.75) is 24.7 Å². The summed E-state index contributed by atoms with van der Waals surface area (Å²) in [5.74, 6) is 1.24. The van der Waals surface area contributed by atoms with Crippen molar-refractivity contribution in [2.75, 3.05) is 12.8 Å². The number of hydrogen-bond donors (Lipinski definition) is 1. The maximum absolute atomic E-state index is 12.4. The van der Waals surface area contributed by atoms with Gasteiger partial charge in [0.2, 0.25) is 5.88 Å². The van der Waals surface area contributed by atoms with E-state index < -0.39 is 0 Å². The summed E-state index contributed by atoms with van der Waals surface area (Å²) in [5.41, 5.74) is 2.55. The molecule has 144 valence electrons. The van der Waals surface area contributed by atoms with Crippen molar-refractivity contribution >= 4 is 23.4 Å². The third-order valence-corrected chi connectivity index (χ3v) is 5.42. The third-order valence-electron chi connectivity index (χ3n) is 4.59. The first kappa shape index (κ1) is 19.0. The summed E-state index contributed by atoms with van der Waals surface area (Å²) in [4.78, 5) is 26.4. The molecule has 0 spiro atoms. The maximum atomic E-state index is 12.4. The highest BCUT2D eigenvalue weighted by Gasteiger charge is 2.22. The van der Waals surface area contributed by atoms with Crippen LogP contribution in [0.15, 0.2) is 52.5 Å². The zero-order valence-corrected chi connectivity index (χ0v) is 16.9. The molecule has 0 unspecified atom stereocenters. The van der Waals surface area contributed by atoms with E-state index in [2.05, 4.69) is 19.9 Å². The van der Waals surface area contributed by atoms with E-state index in [0.717, 1.165) is 29.8 Å². The number of H-pyrrole nitrogens is 1. The van der Waals surface area contributed by atoms with E-state index in [1.165, 1.54) is 11.8 Å². The molecule has 0 bridgehead atoms. The van der Waals surface area contributed by atoms with Crippen molar-refractivity contribution in [1.29, 1.82) is 0 Å². The minimum Gasteiger partial charge on any atom is -0.439 e. The van der Waals surface area contributed by atoms with Crippen LogP contribution in [0.2, 0.25) is 5.02 Å². The Morgan fingerprint density at radius 2 is 2.11 bits per heavy atom. The molecule has 28 heavy (non-hydrogen) atoms. The van der Waals surface area contributed by atoms with Gasteiger partial charge in [-0.2, -0.15) is 0 Å². The van der Waals surface area contributed by atoms with Gasteiger partial charge in [0, 0.05) is 42.8 Å². The molecule has 6 nitrogen and oxygen atoms in total. The van der Waals surface area contributed by atoms with E-state index in [1.54, 1.807) is 18.3 Å². The highest BCUT2D eigenvalue weighted by molar-refractivity contribution is 7.98. The smallest absolute Gasteiger partial charge is 0.256 e. The molecule has 8 heteroatoms. The van der Waals surface area contributed by atoms with Gasteiger partial charge in [-0.15, -0.1) is 0 Å². The van der Waals surface area contributed by atoms with Gasteiger partial charge in [0.15, 0.2) is 5.16 Å². The molecule has 0 amide bonds. The lowest BCUT2D eigenvalue weighted by Gasteiger charge is -2.28. The second kappa shape index (κ2) is 8.34. The van der Waals surface area contributed by atoms with Crippen molar-refractivity contribution in [3.63, 3.8) is 0 Å². The van der Waals surface area contributed by atoms with Crippen LogP contribution in [0.4, 0.5) is 0 Å². The fourth-order valence-electron chi connectivity index (χ4n) is 3.18. The Morgan fingerprint density at radius 1 is 1.29 bits per heavy atom. The lowest BCUT2D eigenvalue weighted by Crippen LogP contribution is -2.35. The number of ether oxygens (including phenoxy) is 1. The molecule has 1 aliphatic rings. The second-order valence-electron chi connectivity index (χ2n) is 6.48. The van der Waals surface area contributed by atoms with E-state index in [0.29, 0.717) is 34.9 Å². The Hall–Kier alpha value is -2.35. The first-order valence-electron chi connectivity index (χ1n) is 8.88. The van der Waals surface area contributed by atoms with Gasteiger partial charge in [0.1, 0.15) is 5.75 Å². The summed E-state index contributed by atoms with van der Waals surface area (Å²) in [6, 6.07) is 11.1. The molecule has 3 aromatic rings. The van der Waals surface area contributed by atoms with Crippen LogP contribution in [0.25, 0.3) is 0 Å². The predicted molar refractivity (Wildman–Crippen MR) is 110 cm³/mol. The van der Waals surface area contributed by atoms with Crippen LogP contribution >= 0.6 is 23.4 Å². The van der Waals surface area contributed by atoms with Crippen molar-refractivity contribution < 1.29 is 4.74 Å². The number of rotatable bonds is 5. The summed E-state index contributed by atoms with van der Waals surface area (Å²) in [5, 5.41) is 1.33. The molecule has 1 N–H and O–H groups in total. The number of aromatic amines is 1. The first-order chi connectivity index (χ1) is 13.6. The number of nitrogens with one attached hydrogen (secondary N) is 1. The van der Waals surface area contributed by atoms with E-state index in [9.17, 15) is 4.79 Å². The lowest BCUT2D eigenvalue weighted by atomic mass is 10.1. The van der Waals surface area contributed by atoms with Gasteiger partial charge in [-0.3, -0.25) is 9.69 Å². The molecular weight excluding hydrogens is 396 g/mol. The number of fused-ring (bicyclic) bond motifs is 1. The Kier molecular flexibility index (Phi) is 5.66. The highest BCUT2D eigenvalue weighted by atomic mass is 35.5. The summed E-state index contributed by atoms with van der Waals surface area (Å²) >= 11 is 7.38. The van der Waals surface area contributed by atoms with Crippen LogP contribution in [-0.2, 0) is 19.5 Å². The Balaban J connectivity index is 1.52. The molecule has 0 atom stereocenters. The molecule has 4 rings (SSSR count). The highest BCUT2D eigenvalue weighted by Crippen LogP contribution is 2.26. The predicted octanol–water partition coefficient (Wildman–Crippen LogP) is 3.89.